The second-order valence-electron chi connectivity index (χ2n) is 4.31. The molecule has 0 aliphatic rings. The van der Waals surface area contributed by atoms with Crippen LogP contribution in [0.2, 0.25) is 0 Å². The third-order valence-corrected chi connectivity index (χ3v) is 2.55. The molecule has 120 valence electrons. The number of aromatic amines is 1. The van der Waals surface area contributed by atoms with Crippen LogP contribution in [-0.4, -0.2) is 47.1 Å². The molecule has 5 N–H and O–H groups in total. The van der Waals surface area contributed by atoms with Gasteiger partial charge in [0.25, 0.3) is 0 Å². The smallest absolute Gasteiger partial charge is 0.321 e. The van der Waals surface area contributed by atoms with Gasteiger partial charge in [-0.3, -0.25) is 9.59 Å². The van der Waals surface area contributed by atoms with E-state index in [0.717, 1.165) is 16.8 Å². The summed E-state index contributed by atoms with van der Waals surface area (Å²) in [5.74, 6) is -1.76. The third-order valence-electron chi connectivity index (χ3n) is 2.55. The number of hydrogen-bond donors (Lipinski definition) is 4. The molecule has 1 aromatic carbocycles. The molecule has 0 radical (unpaired) electrons. The van der Waals surface area contributed by atoms with E-state index >= 15 is 0 Å². The number of fused-ring (bicyclic) bond motifs is 1. The number of nitrogens with one attached hydrogen (secondary N) is 1. The SMILES string of the molecule is COCOc1cc2ccccc2[nH]1.N[C@@H](CC(=O)O)C(=O)O. The second kappa shape index (κ2) is 8.65. The van der Waals surface area contributed by atoms with Crippen LogP contribution in [-0.2, 0) is 14.3 Å². The molecule has 1 atom stereocenters. The monoisotopic (exact) mass is 310 g/mol. The van der Waals surface area contributed by atoms with Gasteiger partial charge >= 0.3 is 11.9 Å². The summed E-state index contributed by atoms with van der Waals surface area (Å²) in [4.78, 5) is 22.7. The van der Waals surface area contributed by atoms with E-state index in [4.69, 9.17) is 25.4 Å². The molecule has 0 spiro atoms. The molecule has 0 bridgehead atoms. The molecule has 1 aromatic heterocycles. The van der Waals surface area contributed by atoms with Gasteiger partial charge in [-0.25, -0.2) is 0 Å². The van der Waals surface area contributed by atoms with Gasteiger partial charge in [-0.1, -0.05) is 18.2 Å². The van der Waals surface area contributed by atoms with Gasteiger partial charge in [0.2, 0.25) is 0 Å². The molecule has 1 heterocycles. The first kappa shape index (κ1) is 17.5. The predicted molar refractivity (Wildman–Crippen MR) is 78.7 cm³/mol. The number of aromatic nitrogens is 1. The highest BCUT2D eigenvalue weighted by atomic mass is 16.7. The zero-order valence-electron chi connectivity index (χ0n) is 12.0. The minimum absolute atomic E-state index is 0.271. The Balaban J connectivity index is 0.000000239. The number of benzene rings is 1. The van der Waals surface area contributed by atoms with Crippen molar-refractivity contribution in [3.05, 3.63) is 30.3 Å². The zero-order chi connectivity index (χ0) is 16.5. The van der Waals surface area contributed by atoms with Crippen LogP contribution in [0.4, 0.5) is 0 Å². The molecule has 22 heavy (non-hydrogen) atoms. The number of nitrogens with two attached hydrogens (primary N) is 1. The van der Waals surface area contributed by atoms with Crippen molar-refractivity contribution in [2.75, 3.05) is 13.9 Å². The lowest BCUT2D eigenvalue weighted by atomic mass is 10.2. The lowest BCUT2D eigenvalue weighted by Crippen LogP contribution is -2.32. The molecule has 8 nitrogen and oxygen atoms in total. The Morgan fingerprint density at radius 1 is 1.32 bits per heavy atom. The van der Waals surface area contributed by atoms with Crippen molar-refractivity contribution < 1.29 is 29.3 Å². The van der Waals surface area contributed by atoms with Crippen molar-refractivity contribution in [2.45, 2.75) is 12.5 Å². The molecule has 2 aromatic rings. The minimum atomic E-state index is -1.29. The van der Waals surface area contributed by atoms with Crippen LogP contribution in [0.15, 0.2) is 30.3 Å². The first-order chi connectivity index (χ1) is 10.4. The average Bonchev–Trinajstić information content (AvgIpc) is 2.87. The standard InChI is InChI=1S/C10H11NO2.C4H7NO4/c1-12-7-13-10-6-8-4-2-3-5-9(8)11-10;5-2(4(8)9)1-3(6)7/h2-6,11H,7H2,1H3;2H,1,5H2,(H,6,7)(H,8,9)/t;2-/m.0/s1. The second-order valence-corrected chi connectivity index (χ2v) is 4.31. The van der Waals surface area contributed by atoms with Gasteiger partial charge < -0.3 is 30.4 Å². The molecule has 0 fully saturated rings. The van der Waals surface area contributed by atoms with E-state index in [1.165, 1.54) is 0 Å². The van der Waals surface area contributed by atoms with Crippen LogP contribution in [0.1, 0.15) is 6.42 Å². The normalized spacial score (nSPS) is 11.4. The summed E-state index contributed by atoms with van der Waals surface area (Å²) in [7, 11) is 1.60. The van der Waals surface area contributed by atoms with E-state index in [1.54, 1.807) is 7.11 Å². The van der Waals surface area contributed by atoms with Crippen molar-refractivity contribution >= 4 is 22.8 Å². The Labute approximate surface area is 126 Å². The highest BCUT2D eigenvalue weighted by Gasteiger charge is 2.14. The molecular formula is C14H18N2O6. The van der Waals surface area contributed by atoms with Crippen LogP contribution >= 0.6 is 0 Å². The fraction of sp³-hybridized carbons (Fsp3) is 0.286. The zero-order valence-corrected chi connectivity index (χ0v) is 12.0. The lowest BCUT2D eigenvalue weighted by molar-refractivity contribution is -0.144. The minimum Gasteiger partial charge on any atom is -0.481 e. The Morgan fingerprint density at radius 3 is 2.50 bits per heavy atom. The number of para-hydroxylation sites is 1. The lowest BCUT2D eigenvalue weighted by Gasteiger charge is -1.99. The number of hydrogen-bond acceptors (Lipinski definition) is 5. The number of aliphatic carboxylic acids is 2. The maximum absolute atomic E-state index is 9.85. The number of methoxy groups -OCH3 is 1. The highest BCUT2D eigenvalue weighted by molar-refractivity contribution is 5.81. The predicted octanol–water partition coefficient (Wildman–Crippen LogP) is 1.02. The quantitative estimate of drug-likeness (QED) is 0.585. The van der Waals surface area contributed by atoms with Gasteiger partial charge in [-0.05, 0) is 6.07 Å². The van der Waals surface area contributed by atoms with Crippen LogP contribution in [0.3, 0.4) is 0 Å². The van der Waals surface area contributed by atoms with Crippen LogP contribution in [0.5, 0.6) is 5.88 Å². The molecular weight excluding hydrogens is 292 g/mol. The largest absolute Gasteiger partial charge is 0.481 e. The summed E-state index contributed by atoms with van der Waals surface area (Å²) in [6.07, 6.45) is -0.532. The Hall–Kier alpha value is -2.58. The summed E-state index contributed by atoms with van der Waals surface area (Å²) < 4.78 is 10.1. The van der Waals surface area contributed by atoms with E-state index in [0.29, 0.717) is 0 Å². The first-order valence-corrected chi connectivity index (χ1v) is 6.33. The molecule has 0 aliphatic heterocycles. The first-order valence-electron chi connectivity index (χ1n) is 6.33. The molecule has 0 unspecified atom stereocenters. The number of ether oxygens (including phenoxy) is 2. The van der Waals surface area contributed by atoms with E-state index in [9.17, 15) is 9.59 Å². The van der Waals surface area contributed by atoms with Gasteiger partial charge in [0.15, 0.2) is 12.7 Å². The van der Waals surface area contributed by atoms with Gasteiger partial charge in [0, 0.05) is 24.1 Å². The van der Waals surface area contributed by atoms with Crippen LogP contribution in [0.25, 0.3) is 10.9 Å². The molecule has 8 heteroatoms. The fourth-order valence-corrected chi connectivity index (χ4v) is 1.52. The van der Waals surface area contributed by atoms with Crippen LogP contribution in [0, 0.1) is 0 Å². The maximum Gasteiger partial charge on any atom is 0.321 e. The number of rotatable bonds is 6. The van der Waals surface area contributed by atoms with Crippen molar-refractivity contribution in [2.24, 2.45) is 5.73 Å². The topological polar surface area (TPSA) is 135 Å². The van der Waals surface area contributed by atoms with Gasteiger partial charge in [0.05, 0.1) is 6.42 Å². The van der Waals surface area contributed by atoms with E-state index < -0.39 is 24.4 Å². The maximum atomic E-state index is 9.85. The summed E-state index contributed by atoms with van der Waals surface area (Å²) in [5.41, 5.74) is 5.91. The van der Waals surface area contributed by atoms with Gasteiger partial charge in [-0.15, -0.1) is 0 Å². The summed E-state index contributed by atoms with van der Waals surface area (Å²) in [5, 5.41) is 17.2. The highest BCUT2D eigenvalue weighted by Crippen LogP contribution is 2.19. The van der Waals surface area contributed by atoms with Gasteiger partial charge in [0.1, 0.15) is 6.04 Å². The van der Waals surface area contributed by atoms with Crippen molar-refractivity contribution in [1.29, 1.82) is 0 Å². The van der Waals surface area contributed by atoms with Crippen molar-refractivity contribution in [3.63, 3.8) is 0 Å². The Kier molecular flexibility index (Phi) is 6.87. The molecule has 2 rings (SSSR count). The van der Waals surface area contributed by atoms with Crippen molar-refractivity contribution in [3.8, 4) is 5.88 Å². The summed E-state index contributed by atoms with van der Waals surface area (Å²) in [6, 6.07) is 8.69. The summed E-state index contributed by atoms with van der Waals surface area (Å²) >= 11 is 0. The Bertz CT molecular complexity index is 592. The third kappa shape index (κ3) is 5.81. The molecule has 0 saturated heterocycles. The summed E-state index contributed by atoms with van der Waals surface area (Å²) in [6.45, 7) is 0.271. The molecule has 0 aliphatic carbocycles. The Morgan fingerprint density at radius 2 is 2.00 bits per heavy atom. The average molecular weight is 310 g/mol. The fourth-order valence-electron chi connectivity index (χ4n) is 1.52. The van der Waals surface area contributed by atoms with Crippen LogP contribution < -0.4 is 10.5 Å². The van der Waals surface area contributed by atoms with E-state index in [1.807, 2.05) is 30.3 Å². The molecule has 0 amide bonds. The van der Waals surface area contributed by atoms with Gasteiger partial charge in [-0.2, -0.15) is 0 Å². The number of H-pyrrole nitrogens is 1. The van der Waals surface area contributed by atoms with E-state index in [-0.39, 0.29) is 6.79 Å². The molecule has 0 saturated carbocycles. The van der Waals surface area contributed by atoms with Crippen molar-refractivity contribution in [1.82, 2.24) is 4.98 Å². The number of carboxylic acids is 2. The van der Waals surface area contributed by atoms with E-state index in [2.05, 4.69) is 4.98 Å². The number of carbonyl (C=O) groups is 2. The number of carboxylic acid groups (broad SMARTS) is 2.